The zero-order valence-corrected chi connectivity index (χ0v) is 12.3. The van der Waals surface area contributed by atoms with Crippen LogP contribution < -0.4 is 5.32 Å². The van der Waals surface area contributed by atoms with Crippen molar-refractivity contribution in [2.45, 2.75) is 11.3 Å². The summed E-state index contributed by atoms with van der Waals surface area (Å²) in [5.74, 6) is -0.602. The molecule has 1 aliphatic rings. The predicted octanol–water partition coefficient (Wildman–Crippen LogP) is 4.10. The van der Waals surface area contributed by atoms with E-state index in [-0.39, 0.29) is 18.1 Å². The minimum atomic E-state index is -2.90. The lowest BCUT2D eigenvalue weighted by Crippen LogP contribution is -2.14. The van der Waals surface area contributed by atoms with Gasteiger partial charge >= 0.3 is 0 Å². The Morgan fingerprint density at radius 1 is 1.14 bits per heavy atom. The SMILES string of the molecule is O=C(Cc1ccc(F)cc1)Nc1ccc2c(c1)S(O)(O)C=C2. The van der Waals surface area contributed by atoms with E-state index in [1.807, 2.05) is 0 Å². The molecule has 0 unspecified atom stereocenters. The first-order valence-corrected chi connectivity index (χ1v) is 8.20. The number of amides is 1. The number of halogens is 1. The minimum absolute atomic E-state index is 0.117. The van der Waals surface area contributed by atoms with Gasteiger partial charge in [-0.2, -0.15) is 0 Å². The molecule has 0 saturated carbocycles. The Kier molecular flexibility index (Phi) is 3.74. The van der Waals surface area contributed by atoms with Gasteiger partial charge in [0.15, 0.2) is 0 Å². The maximum atomic E-state index is 12.8. The molecule has 3 N–H and O–H groups in total. The molecule has 0 fully saturated rings. The van der Waals surface area contributed by atoms with E-state index in [9.17, 15) is 18.3 Å². The smallest absolute Gasteiger partial charge is 0.228 e. The van der Waals surface area contributed by atoms with E-state index in [0.29, 0.717) is 16.1 Å². The normalized spacial score (nSPS) is 16.1. The van der Waals surface area contributed by atoms with Crippen LogP contribution in [-0.2, 0) is 11.2 Å². The average molecular weight is 319 g/mol. The number of nitrogens with one attached hydrogen (secondary N) is 1. The van der Waals surface area contributed by atoms with Gasteiger partial charge in [-0.25, -0.2) is 4.39 Å². The molecule has 1 amide bonds. The van der Waals surface area contributed by atoms with Crippen molar-refractivity contribution in [3.8, 4) is 0 Å². The second kappa shape index (κ2) is 5.57. The van der Waals surface area contributed by atoms with Crippen LogP contribution in [0.3, 0.4) is 0 Å². The molecule has 2 aromatic rings. The molecule has 3 rings (SSSR count). The standard InChI is InChI=1S/C16H14FNO3S/c17-13-4-1-11(2-5-13)9-16(19)18-14-6-3-12-7-8-22(20,21)15(12)10-14/h1-8,10,20-21H,9H2,(H,18,19). The fourth-order valence-corrected chi connectivity index (χ4v) is 3.51. The number of rotatable bonds is 3. The topological polar surface area (TPSA) is 69.6 Å². The molecule has 0 spiro atoms. The number of anilines is 1. The van der Waals surface area contributed by atoms with Crippen molar-refractivity contribution in [2.75, 3.05) is 5.32 Å². The summed E-state index contributed by atoms with van der Waals surface area (Å²) in [6.07, 6.45) is 1.76. The highest BCUT2D eigenvalue weighted by atomic mass is 32.3. The van der Waals surface area contributed by atoms with Crippen LogP contribution in [0.1, 0.15) is 11.1 Å². The molecule has 0 saturated heterocycles. The van der Waals surface area contributed by atoms with Gasteiger partial charge in [-0.1, -0.05) is 18.2 Å². The van der Waals surface area contributed by atoms with E-state index in [1.54, 1.807) is 36.4 Å². The Hall–Kier alpha value is -2.15. The number of benzene rings is 2. The largest absolute Gasteiger partial charge is 0.326 e. The van der Waals surface area contributed by atoms with Crippen molar-refractivity contribution in [1.82, 2.24) is 0 Å². The lowest BCUT2D eigenvalue weighted by Gasteiger charge is -2.25. The molecule has 0 aromatic heterocycles. The molecule has 0 aliphatic carbocycles. The monoisotopic (exact) mass is 319 g/mol. The quantitative estimate of drug-likeness (QED) is 0.797. The lowest BCUT2D eigenvalue weighted by molar-refractivity contribution is -0.115. The van der Waals surface area contributed by atoms with Crippen LogP contribution in [0.25, 0.3) is 6.08 Å². The fourth-order valence-electron chi connectivity index (χ4n) is 2.24. The summed E-state index contributed by atoms with van der Waals surface area (Å²) in [5, 5.41) is 4.07. The van der Waals surface area contributed by atoms with E-state index < -0.39 is 10.6 Å². The maximum absolute atomic E-state index is 12.8. The van der Waals surface area contributed by atoms with E-state index in [1.165, 1.54) is 17.5 Å². The Morgan fingerprint density at radius 3 is 2.59 bits per heavy atom. The third-order valence-corrected chi connectivity index (χ3v) is 4.85. The number of hydrogen-bond acceptors (Lipinski definition) is 3. The van der Waals surface area contributed by atoms with Crippen LogP contribution in [0.15, 0.2) is 52.8 Å². The molecule has 4 nitrogen and oxygen atoms in total. The first-order chi connectivity index (χ1) is 10.4. The molecule has 114 valence electrons. The molecular weight excluding hydrogens is 305 g/mol. The van der Waals surface area contributed by atoms with Crippen LogP contribution in [-0.4, -0.2) is 15.0 Å². The molecule has 2 aromatic carbocycles. The predicted molar refractivity (Wildman–Crippen MR) is 85.3 cm³/mol. The minimum Gasteiger partial charge on any atom is -0.326 e. The second-order valence-corrected chi connectivity index (χ2v) is 6.90. The van der Waals surface area contributed by atoms with E-state index in [0.717, 1.165) is 5.56 Å². The van der Waals surface area contributed by atoms with Gasteiger partial charge in [0.25, 0.3) is 0 Å². The third-order valence-electron chi connectivity index (χ3n) is 3.34. The molecule has 22 heavy (non-hydrogen) atoms. The molecular formula is C16H14FNO3S. The average Bonchev–Trinajstić information content (AvgIpc) is 2.77. The lowest BCUT2D eigenvalue weighted by atomic mass is 10.1. The summed E-state index contributed by atoms with van der Waals surface area (Å²) in [6.45, 7) is 0. The fraction of sp³-hybridized carbons (Fsp3) is 0.0625. The van der Waals surface area contributed by atoms with Gasteiger partial charge in [0.05, 0.1) is 11.3 Å². The number of carbonyl (C=O) groups excluding carboxylic acids is 1. The number of fused-ring (bicyclic) bond motifs is 1. The van der Waals surface area contributed by atoms with Crippen molar-refractivity contribution < 1.29 is 18.3 Å². The Bertz CT molecular complexity index is 756. The van der Waals surface area contributed by atoms with Gasteiger partial charge in [0, 0.05) is 11.1 Å². The van der Waals surface area contributed by atoms with E-state index in [2.05, 4.69) is 5.32 Å². The van der Waals surface area contributed by atoms with Crippen LogP contribution in [0.5, 0.6) is 0 Å². The van der Waals surface area contributed by atoms with Crippen LogP contribution in [0.4, 0.5) is 10.1 Å². The second-order valence-electron chi connectivity index (χ2n) is 5.00. The molecule has 0 radical (unpaired) electrons. The van der Waals surface area contributed by atoms with Crippen LogP contribution in [0.2, 0.25) is 0 Å². The highest BCUT2D eigenvalue weighted by Crippen LogP contribution is 2.56. The van der Waals surface area contributed by atoms with Crippen LogP contribution >= 0.6 is 10.6 Å². The van der Waals surface area contributed by atoms with Gasteiger partial charge in [-0.05, 0) is 41.5 Å². The first-order valence-electron chi connectivity index (χ1n) is 6.59. The number of carbonyl (C=O) groups is 1. The van der Waals surface area contributed by atoms with Crippen molar-refractivity contribution >= 4 is 28.3 Å². The third kappa shape index (κ3) is 3.04. The summed E-state index contributed by atoms with van der Waals surface area (Å²) >= 11 is 0. The molecule has 1 aliphatic heterocycles. The first kappa shape index (κ1) is 14.8. The van der Waals surface area contributed by atoms with E-state index in [4.69, 9.17) is 0 Å². The van der Waals surface area contributed by atoms with E-state index >= 15 is 0 Å². The zero-order valence-electron chi connectivity index (χ0n) is 11.5. The van der Waals surface area contributed by atoms with Crippen molar-refractivity contribution in [1.29, 1.82) is 0 Å². The van der Waals surface area contributed by atoms with Crippen molar-refractivity contribution in [3.05, 3.63) is 64.8 Å². The summed E-state index contributed by atoms with van der Waals surface area (Å²) in [6, 6.07) is 10.7. The Morgan fingerprint density at radius 2 is 1.86 bits per heavy atom. The van der Waals surface area contributed by atoms with Gasteiger partial charge in [0.2, 0.25) is 5.91 Å². The van der Waals surface area contributed by atoms with Crippen molar-refractivity contribution in [2.24, 2.45) is 0 Å². The molecule has 6 heteroatoms. The van der Waals surface area contributed by atoms with Crippen molar-refractivity contribution in [3.63, 3.8) is 0 Å². The highest BCUT2D eigenvalue weighted by Gasteiger charge is 2.21. The Balaban J connectivity index is 1.71. The highest BCUT2D eigenvalue weighted by molar-refractivity contribution is 8.27. The van der Waals surface area contributed by atoms with Crippen LogP contribution in [0, 0.1) is 5.82 Å². The molecule has 0 atom stereocenters. The summed E-state index contributed by atoms with van der Waals surface area (Å²) in [4.78, 5) is 12.4. The molecule has 1 heterocycles. The summed E-state index contributed by atoms with van der Waals surface area (Å²) in [5.41, 5.74) is 1.93. The van der Waals surface area contributed by atoms with Gasteiger partial charge in [0.1, 0.15) is 5.82 Å². The summed E-state index contributed by atoms with van der Waals surface area (Å²) < 4.78 is 32.6. The maximum Gasteiger partial charge on any atom is 0.228 e. The van der Waals surface area contributed by atoms with Gasteiger partial charge in [-0.3, -0.25) is 13.9 Å². The van der Waals surface area contributed by atoms with Gasteiger partial charge in [-0.15, -0.1) is 10.6 Å². The molecule has 0 bridgehead atoms. The zero-order chi connectivity index (χ0) is 15.7. The number of hydrogen-bond donors (Lipinski definition) is 3. The summed E-state index contributed by atoms with van der Waals surface area (Å²) in [7, 11) is -2.90. The Labute approximate surface area is 128 Å². The van der Waals surface area contributed by atoms with Gasteiger partial charge < -0.3 is 5.32 Å².